The highest BCUT2D eigenvalue weighted by atomic mass is 35.5. The molecule has 0 radical (unpaired) electrons. The van der Waals surface area contributed by atoms with E-state index in [1.54, 1.807) is 18.5 Å². The van der Waals surface area contributed by atoms with Crippen molar-refractivity contribution in [2.24, 2.45) is 0 Å². The first-order chi connectivity index (χ1) is 13.1. The van der Waals surface area contributed by atoms with E-state index in [1.807, 2.05) is 41.1 Å². The van der Waals surface area contributed by atoms with Crippen LogP contribution in [0.1, 0.15) is 17.2 Å². The lowest BCUT2D eigenvalue weighted by Crippen LogP contribution is -2.14. The van der Waals surface area contributed by atoms with Gasteiger partial charge in [0.25, 0.3) is 0 Å². The van der Waals surface area contributed by atoms with Gasteiger partial charge < -0.3 is 0 Å². The summed E-state index contributed by atoms with van der Waals surface area (Å²) in [6, 6.07) is 21.4. The molecule has 4 rings (SSSR count). The number of hydrogen-bond donors (Lipinski definition) is 0. The van der Waals surface area contributed by atoms with Gasteiger partial charge in [0, 0.05) is 10.6 Å². The van der Waals surface area contributed by atoms with Gasteiger partial charge in [0.05, 0.1) is 10.0 Å². The summed E-state index contributed by atoms with van der Waals surface area (Å²) in [4.78, 5) is 4.13. The molecule has 0 saturated heterocycles. The van der Waals surface area contributed by atoms with Gasteiger partial charge in [0.1, 0.15) is 18.7 Å². The summed E-state index contributed by atoms with van der Waals surface area (Å²) in [7, 11) is 0. The van der Waals surface area contributed by atoms with Crippen LogP contribution in [-0.4, -0.2) is 14.8 Å². The lowest BCUT2D eigenvalue weighted by atomic mass is 9.91. The smallest absolute Gasteiger partial charge is 0.137 e. The van der Waals surface area contributed by atoms with Crippen LogP contribution in [0.4, 0.5) is 0 Å². The van der Waals surface area contributed by atoms with E-state index < -0.39 is 0 Å². The van der Waals surface area contributed by atoms with E-state index in [4.69, 9.17) is 34.8 Å². The maximum atomic E-state index is 6.51. The molecule has 1 heterocycles. The van der Waals surface area contributed by atoms with E-state index in [0.717, 1.165) is 22.3 Å². The molecule has 0 saturated carbocycles. The summed E-state index contributed by atoms with van der Waals surface area (Å²) < 4.78 is 1.83. The Morgan fingerprint density at radius 3 is 2.15 bits per heavy atom. The second kappa shape index (κ2) is 7.73. The molecule has 0 fully saturated rings. The fourth-order valence-corrected chi connectivity index (χ4v) is 4.24. The van der Waals surface area contributed by atoms with Crippen LogP contribution in [0.25, 0.3) is 11.1 Å². The zero-order valence-corrected chi connectivity index (χ0v) is 16.3. The normalized spacial score (nSPS) is 12.1. The number of rotatable bonds is 4. The molecule has 0 bridgehead atoms. The van der Waals surface area contributed by atoms with Gasteiger partial charge in [-0.05, 0) is 28.8 Å². The highest BCUT2D eigenvalue weighted by Crippen LogP contribution is 2.42. The van der Waals surface area contributed by atoms with Crippen molar-refractivity contribution in [2.45, 2.75) is 6.04 Å². The molecule has 0 aliphatic heterocycles. The zero-order valence-electron chi connectivity index (χ0n) is 14.1. The van der Waals surface area contributed by atoms with Crippen molar-refractivity contribution in [3.63, 3.8) is 0 Å². The van der Waals surface area contributed by atoms with Crippen molar-refractivity contribution < 1.29 is 0 Å². The third-order valence-corrected chi connectivity index (χ3v) is 5.16. The van der Waals surface area contributed by atoms with Crippen LogP contribution < -0.4 is 0 Å². The Kier molecular flexibility index (Phi) is 5.17. The fourth-order valence-electron chi connectivity index (χ4n) is 3.22. The van der Waals surface area contributed by atoms with Crippen LogP contribution in [0.15, 0.2) is 79.4 Å². The summed E-state index contributed by atoms with van der Waals surface area (Å²) in [5.41, 5.74) is 3.77. The second-order valence-corrected chi connectivity index (χ2v) is 7.27. The Morgan fingerprint density at radius 1 is 0.815 bits per heavy atom. The lowest BCUT2D eigenvalue weighted by Gasteiger charge is -2.22. The summed E-state index contributed by atoms with van der Waals surface area (Å²) in [6.45, 7) is 0. The molecule has 0 spiro atoms. The Bertz CT molecular complexity index is 1040. The van der Waals surface area contributed by atoms with E-state index in [-0.39, 0.29) is 6.04 Å². The third kappa shape index (κ3) is 3.59. The van der Waals surface area contributed by atoms with Crippen LogP contribution in [0.2, 0.25) is 15.1 Å². The van der Waals surface area contributed by atoms with E-state index in [1.165, 1.54) is 6.33 Å². The number of nitrogens with zero attached hydrogens (tertiary/aromatic N) is 3. The molecular weight excluding hydrogens is 401 g/mol. The van der Waals surface area contributed by atoms with Gasteiger partial charge in [0.15, 0.2) is 0 Å². The molecular formula is C21H14Cl3N3. The summed E-state index contributed by atoms with van der Waals surface area (Å²) in [5, 5.41) is 5.89. The van der Waals surface area contributed by atoms with E-state index in [2.05, 4.69) is 28.3 Å². The van der Waals surface area contributed by atoms with Gasteiger partial charge >= 0.3 is 0 Å². The minimum absolute atomic E-state index is 0.173. The van der Waals surface area contributed by atoms with Crippen LogP contribution in [-0.2, 0) is 0 Å². The molecule has 4 aromatic rings. The molecule has 3 aromatic carbocycles. The van der Waals surface area contributed by atoms with Crippen LogP contribution in [0.5, 0.6) is 0 Å². The molecule has 0 aliphatic rings. The fraction of sp³-hybridized carbons (Fsp3) is 0.0476. The van der Waals surface area contributed by atoms with Crippen molar-refractivity contribution >= 4 is 34.8 Å². The topological polar surface area (TPSA) is 30.7 Å². The van der Waals surface area contributed by atoms with Crippen molar-refractivity contribution in [1.29, 1.82) is 0 Å². The van der Waals surface area contributed by atoms with Gasteiger partial charge in [-0.1, -0.05) is 89.4 Å². The van der Waals surface area contributed by atoms with Crippen molar-refractivity contribution in [2.75, 3.05) is 0 Å². The minimum Gasteiger partial charge on any atom is -0.241 e. The molecule has 0 amide bonds. The Morgan fingerprint density at radius 2 is 1.48 bits per heavy atom. The molecule has 134 valence electrons. The summed E-state index contributed by atoms with van der Waals surface area (Å²) in [5.74, 6) is 0. The maximum Gasteiger partial charge on any atom is 0.137 e. The predicted octanol–water partition coefficient (Wildman–Crippen LogP) is 6.54. The van der Waals surface area contributed by atoms with E-state index in [9.17, 15) is 0 Å². The monoisotopic (exact) mass is 413 g/mol. The number of aromatic nitrogens is 3. The first-order valence-corrected chi connectivity index (χ1v) is 9.41. The standard InChI is InChI=1S/C21H14Cl3N3/c22-15-10-18(23)20(19(24)11-15)16-8-4-5-9-17(16)21(27-13-25-12-26-27)14-6-2-1-3-7-14/h1-13,21H. The molecule has 6 heteroatoms. The lowest BCUT2D eigenvalue weighted by molar-refractivity contribution is 0.595. The van der Waals surface area contributed by atoms with Gasteiger partial charge in [-0.15, -0.1) is 0 Å². The largest absolute Gasteiger partial charge is 0.241 e. The quantitative estimate of drug-likeness (QED) is 0.379. The first kappa shape index (κ1) is 18.1. The number of benzene rings is 3. The number of hydrogen-bond acceptors (Lipinski definition) is 2. The van der Waals surface area contributed by atoms with E-state index in [0.29, 0.717) is 15.1 Å². The summed E-state index contributed by atoms with van der Waals surface area (Å²) >= 11 is 19.1. The minimum atomic E-state index is -0.173. The van der Waals surface area contributed by atoms with Crippen LogP contribution in [0, 0.1) is 0 Å². The van der Waals surface area contributed by atoms with Gasteiger partial charge in [-0.2, -0.15) is 5.10 Å². The van der Waals surface area contributed by atoms with Crippen molar-refractivity contribution in [1.82, 2.24) is 14.8 Å². The Hall–Kier alpha value is -2.33. The average molecular weight is 415 g/mol. The van der Waals surface area contributed by atoms with Crippen molar-refractivity contribution in [3.05, 3.63) is 106 Å². The van der Waals surface area contributed by atoms with Gasteiger partial charge in [0.2, 0.25) is 0 Å². The molecule has 27 heavy (non-hydrogen) atoms. The molecule has 1 atom stereocenters. The van der Waals surface area contributed by atoms with Gasteiger partial charge in [-0.25, -0.2) is 9.67 Å². The molecule has 0 aliphatic carbocycles. The van der Waals surface area contributed by atoms with E-state index >= 15 is 0 Å². The number of halogens is 3. The van der Waals surface area contributed by atoms with Crippen molar-refractivity contribution in [3.8, 4) is 11.1 Å². The highest BCUT2D eigenvalue weighted by molar-refractivity contribution is 6.41. The molecule has 1 aromatic heterocycles. The molecule has 1 unspecified atom stereocenters. The van der Waals surface area contributed by atoms with Crippen LogP contribution in [0.3, 0.4) is 0 Å². The Labute approximate surface area is 172 Å². The molecule has 3 nitrogen and oxygen atoms in total. The summed E-state index contributed by atoms with van der Waals surface area (Å²) in [6.07, 6.45) is 3.24. The average Bonchev–Trinajstić information content (AvgIpc) is 3.17. The Balaban J connectivity index is 1.97. The highest BCUT2D eigenvalue weighted by Gasteiger charge is 2.23. The second-order valence-electron chi connectivity index (χ2n) is 6.02. The molecule has 0 N–H and O–H groups in total. The van der Waals surface area contributed by atoms with Gasteiger partial charge in [-0.3, -0.25) is 0 Å². The first-order valence-electron chi connectivity index (χ1n) is 8.28. The SMILES string of the molecule is Clc1cc(Cl)c(-c2ccccc2C(c2ccccc2)n2cncn2)c(Cl)c1. The van der Waals surface area contributed by atoms with Crippen LogP contribution >= 0.6 is 34.8 Å². The predicted molar refractivity (Wildman–Crippen MR) is 111 cm³/mol. The zero-order chi connectivity index (χ0) is 18.8. The maximum absolute atomic E-state index is 6.51. The third-order valence-electron chi connectivity index (χ3n) is 4.35.